The first-order valence-corrected chi connectivity index (χ1v) is 9.89. The van der Waals surface area contributed by atoms with Crippen molar-refractivity contribution in [2.75, 3.05) is 12.4 Å². The largest absolute Gasteiger partial charge is 0.481 e. The van der Waals surface area contributed by atoms with E-state index in [0.717, 1.165) is 0 Å². The number of aryl methyl sites for hydroxylation is 1. The first-order valence-electron chi connectivity index (χ1n) is 8.00. The Kier molecular flexibility index (Phi) is 6.45. The molecule has 0 atom stereocenters. The highest BCUT2D eigenvalue weighted by atomic mass is 32.2. The van der Waals surface area contributed by atoms with Crippen molar-refractivity contribution in [2.24, 2.45) is 5.92 Å². The Hall–Kier alpha value is -2.59. The molecule has 2 amide bonds. The second-order valence-corrected chi connectivity index (χ2v) is 8.05. The Balaban J connectivity index is 2.24. The second kappa shape index (κ2) is 8.40. The maximum atomic E-state index is 12.7. The summed E-state index contributed by atoms with van der Waals surface area (Å²) in [6, 6.07) is 5.27. The number of urea groups is 1. The lowest BCUT2D eigenvalue weighted by Crippen LogP contribution is -2.35. The van der Waals surface area contributed by atoms with Crippen LogP contribution in [0.15, 0.2) is 35.4 Å². The molecule has 8 nitrogen and oxygen atoms in total. The Bertz CT molecular complexity index is 975. The number of methoxy groups -OCH3 is 1. The van der Waals surface area contributed by atoms with Crippen molar-refractivity contribution in [1.82, 2.24) is 14.7 Å². The van der Waals surface area contributed by atoms with Gasteiger partial charge in [0.2, 0.25) is 11.8 Å². The maximum absolute atomic E-state index is 12.7. The van der Waals surface area contributed by atoms with Gasteiger partial charge < -0.3 is 4.74 Å². The van der Waals surface area contributed by atoms with E-state index in [-0.39, 0.29) is 22.6 Å². The van der Waals surface area contributed by atoms with Gasteiger partial charge in [-0.2, -0.15) is 4.98 Å². The monoisotopic (exact) mass is 408 g/mol. The van der Waals surface area contributed by atoms with Crippen molar-refractivity contribution in [2.45, 2.75) is 25.7 Å². The van der Waals surface area contributed by atoms with E-state index in [9.17, 15) is 13.2 Å². The fourth-order valence-corrected chi connectivity index (χ4v) is 3.59. The molecule has 1 heterocycles. The molecule has 1 aromatic heterocycles. The van der Waals surface area contributed by atoms with E-state index in [1.165, 1.54) is 19.4 Å². The number of sulfonamides is 1. The highest BCUT2D eigenvalue weighted by Crippen LogP contribution is 2.20. The van der Waals surface area contributed by atoms with Crippen LogP contribution in [0.3, 0.4) is 0 Å². The highest BCUT2D eigenvalue weighted by Gasteiger charge is 2.24. The molecule has 0 aliphatic carbocycles. The van der Waals surface area contributed by atoms with E-state index in [4.69, 9.17) is 17.0 Å². The summed E-state index contributed by atoms with van der Waals surface area (Å²) in [4.78, 5) is 20.5. The summed E-state index contributed by atoms with van der Waals surface area (Å²) in [5.74, 6) is 0.158. The zero-order valence-electron chi connectivity index (χ0n) is 15.3. The minimum absolute atomic E-state index is 0.0291. The lowest BCUT2D eigenvalue weighted by Gasteiger charge is -2.14. The number of hydrogen-bond donors (Lipinski definition) is 2. The number of rotatable bonds is 6. The minimum atomic E-state index is -4.15. The summed E-state index contributed by atoms with van der Waals surface area (Å²) < 4.78 is 32.3. The lowest BCUT2D eigenvalue weighted by molar-refractivity contribution is 0.256. The number of anilines is 1. The summed E-state index contributed by atoms with van der Waals surface area (Å²) in [5, 5.41) is 2.28. The molecule has 0 aliphatic heterocycles. The van der Waals surface area contributed by atoms with E-state index in [2.05, 4.69) is 15.3 Å². The van der Waals surface area contributed by atoms with Gasteiger partial charge in [-0.3, -0.25) is 5.32 Å². The fraction of sp³-hybridized carbons (Fsp3) is 0.294. The number of amides is 2. The molecule has 0 saturated carbocycles. The van der Waals surface area contributed by atoms with Crippen molar-refractivity contribution in [1.29, 1.82) is 0 Å². The zero-order valence-corrected chi connectivity index (χ0v) is 16.9. The summed E-state index contributed by atoms with van der Waals surface area (Å²) in [7, 11) is -2.72. The van der Waals surface area contributed by atoms with Crippen LogP contribution in [0.4, 0.5) is 10.7 Å². The van der Waals surface area contributed by atoms with Gasteiger partial charge >= 0.3 is 6.03 Å². The number of carbonyl (C=O) groups is 1. The summed E-state index contributed by atoms with van der Waals surface area (Å²) in [5.41, 5.74) is 1.06. The zero-order chi connectivity index (χ0) is 20.2. The predicted octanol–water partition coefficient (Wildman–Crippen LogP) is 2.68. The fourth-order valence-electron chi connectivity index (χ4n) is 2.21. The highest BCUT2D eigenvalue weighted by molar-refractivity contribution is 7.90. The molecule has 10 heteroatoms. The van der Waals surface area contributed by atoms with Gasteiger partial charge in [-0.15, -0.1) is 0 Å². The first kappa shape index (κ1) is 20.7. The van der Waals surface area contributed by atoms with Crippen LogP contribution in [-0.4, -0.2) is 36.4 Å². The minimum Gasteiger partial charge on any atom is -0.481 e. The number of benzene rings is 1. The molecule has 0 fully saturated rings. The van der Waals surface area contributed by atoms with E-state index in [1.54, 1.807) is 25.1 Å². The van der Waals surface area contributed by atoms with E-state index in [0.29, 0.717) is 16.0 Å². The average molecular weight is 409 g/mol. The number of ether oxygens (including phenoxy) is 1. The molecule has 2 N–H and O–H groups in total. The van der Waals surface area contributed by atoms with Gasteiger partial charge in [-0.25, -0.2) is 22.9 Å². The quantitative estimate of drug-likeness (QED) is 0.558. The molecule has 2 aromatic rings. The van der Waals surface area contributed by atoms with Crippen LogP contribution in [-0.2, 0) is 10.0 Å². The third kappa shape index (κ3) is 4.98. The van der Waals surface area contributed by atoms with Gasteiger partial charge in [0.25, 0.3) is 10.0 Å². The summed E-state index contributed by atoms with van der Waals surface area (Å²) >= 11 is 5.33. The maximum Gasteiger partial charge on any atom is 0.335 e. The molecular formula is C17H20N4O4S2. The standard InChI is InChI=1S/C17H20N4O4S2/c1-10(2)14(26)12-7-5-6-8-13(12)27(23,24)21-17(22)20-16-18-9-11(3)15(19-16)25-4/h5-10H,1-4H3,(H2,18,19,20,21,22). The molecule has 1 aromatic carbocycles. The van der Waals surface area contributed by atoms with Gasteiger partial charge in [0.15, 0.2) is 0 Å². The molecule has 0 bridgehead atoms. The lowest BCUT2D eigenvalue weighted by atomic mass is 10.0. The number of carbonyl (C=O) groups excluding carboxylic acids is 1. The van der Waals surface area contributed by atoms with Gasteiger partial charge in [0, 0.05) is 22.2 Å². The van der Waals surface area contributed by atoms with E-state index in [1.807, 2.05) is 18.6 Å². The first-order chi connectivity index (χ1) is 12.7. The van der Waals surface area contributed by atoms with Crippen molar-refractivity contribution < 1.29 is 17.9 Å². The van der Waals surface area contributed by atoms with E-state index >= 15 is 0 Å². The molecule has 0 saturated heterocycles. The Morgan fingerprint density at radius 2 is 1.93 bits per heavy atom. The van der Waals surface area contributed by atoms with Gasteiger partial charge in [-0.1, -0.05) is 44.3 Å². The molecule has 2 rings (SSSR count). The van der Waals surface area contributed by atoms with Gasteiger partial charge in [0.05, 0.1) is 12.0 Å². The molecule has 0 unspecified atom stereocenters. The van der Waals surface area contributed by atoms with Crippen LogP contribution in [0, 0.1) is 12.8 Å². The van der Waals surface area contributed by atoms with Crippen LogP contribution < -0.4 is 14.8 Å². The molecular weight excluding hydrogens is 388 g/mol. The predicted molar refractivity (Wildman–Crippen MR) is 106 cm³/mol. The van der Waals surface area contributed by atoms with Gasteiger partial charge in [-0.05, 0) is 18.9 Å². The SMILES string of the molecule is COc1nc(NC(=O)NS(=O)(=O)c2ccccc2C(=S)C(C)C)ncc1C. The van der Waals surface area contributed by atoms with Crippen LogP contribution >= 0.6 is 12.2 Å². The number of nitrogens with zero attached hydrogens (tertiary/aromatic N) is 2. The average Bonchev–Trinajstić information content (AvgIpc) is 2.62. The Morgan fingerprint density at radius 1 is 1.26 bits per heavy atom. The van der Waals surface area contributed by atoms with Crippen LogP contribution in [0.1, 0.15) is 25.0 Å². The van der Waals surface area contributed by atoms with Crippen molar-refractivity contribution in [3.8, 4) is 5.88 Å². The normalized spacial score (nSPS) is 11.1. The molecule has 27 heavy (non-hydrogen) atoms. The van der Waals surface area contributed by atoms with Crippen LogP contribution in [0.2, 0.25) is 0 Å². The topological polar surface area (TPSA) is 110 Å². The van der Waals surface area contributed by atoms with Crippen LogP contribution in [0.25, 0.3) is 0 Å². The molecule has 0 aliphatic rings. The Labute approximate surface area is 163 Å². The van der Waals surface area contributed by atoms with Crippen LogP contribution in [0.5, 0.6) is 5.88 Å². The molecule has 144 valence electrons. The van der Waals surface area contributed by atoms with Crippen molar-refractivity contribution in [3.63, 3.8) is 0 Å². The molecule has 0 spiro atoms. The van der Waals surface area contributed by atoms with E-state index < -0.39 is 16.1 Å². The second-order valence-electron chi connectivity index (χ2n) is 5.96. The number of aromatic nitrogens is 2. The number of nitrogens with one attached hydrogen (secondary N) is 2. The van der Waals surface area contributed by atoms with Gasteiger partial charge in [0.1, 0.15) is 0 Å². The smallest absolute Gasteiger partial charge is 0.335 e. The number of thiocarbonyl (C=S) groups is 1. The summed E-state index contributed by atoms with van der Waals surface area (Å²) in [6.45, 7) is 5.48. The number of hydrogen-bond acceptors (Lipinski definition) is 7. The Morgan fingerprint density at radius 3 is 2.56 bits per heavy atom. The van der Waals surface area contributed by atoms with Crippen molar-refractivity contribution >= 4 is 39.1 Å². The third-order valence-corrected chi connectivity index (χ3v) is 5.62. The summed E-state index contributed by atoms with van der Waals surface area (Å²) in [6.07, 6.45) is 1.45. The van der Waals surface area contributed by atoms with Crippen molar-refractivity contribution in [3.05, 3.63) is 41.6 Å². The molecule has 0 radical (unpaired) electrons. The third-order valence-electron chi connectivity index (χ3n) is 3.54.